The molecule has 12 aromatic rings. The quantitative estimate of drug-likeness (QED) is 0.0691. The van der Waals surface area contributed by atoms with Crippen molar-refractivity contribution in [2.45, 2.75) is 117 Å². The molecular weight excluding hydrogens is 1140 g/mol. The van der Waals surface area contributed by atoms with Gasteiger partial charge in [-0.25, -0.2) is 9.59 Å². The lowest BCUT2D eigenvalue weighted by Crippen LogP contribution is -2.28. The maximum Gasteiger partial charge on any atom is 0.491 e. The van der Waals surface area contributed by atoms with Gasteiger partial charge in [0.1, 0.15) is 11.5 Å². The van der Waals surface area contributed by atoms with Gasteiger partial charge in [0.25, 0.3) is 0 Å². The Morgan fingerprint density at radius 1 is 0.267 bits per heavy atom. The summed E-state index contributed by atoms with van der Waals surface area (Å²) in [6, 6.07) is 62.6. The fourth-order valence-electron chi connectivity index (χ4n) is 12.7. The Balaban J connectivity index is 1.30. The molecule has 0 spiro atoms. The Kier molecular flexibility index (Phi) is 14.7. The fourth-order valence-corrected chi connectivity index (χ4v) is 12.7. The Morgan fingerprint density at radius 3 is 0.722 bits per heavy atom. The molecule has 0 atom stereocenters. The summed E-state index contributed by atoms with van der Waals surface area (Å²) >= 11 is 0. The molecule has 0 saturated carbocycles. The number of hydrogen-bond acceptors (Lipinski definition) is 4. The average Bonchev–Trinajstić information content (AvgIpc) is 0.712. The molecule has 0 aliphatic heterocycles. The van der Waals surface area contributed by atoms with Crippen molar-refractivity contribution in [3.05, 3.63) is 216 Å². The molecule has 0 aliphatic rings. The van der Waals surface area contributed by atoms with Crippen molar-refractivity contribution in [3.8, 4) is 67.1 Å². The van der Waals surface area contributed by atoms with Crippen LogP contribution in [0, 0.1) is 0 Å². The fraction of sp³-hybridized carbons (Fsp3) is 0.225. The van der Waals surface area contributed by atoms with Crippen LogP contribution < -0.4 is 9.47 Å². The van der Waals surface area contributed by atoms with E-state index in [1.165, 1.54) is 0 Å². The van der Waals surface area contributed by atoms with E-state index >= 15 is 0 Å². The van der Waals surface area contributed by atoms with E-state index in [-0.39, 0.29) is 43.9 Å². The standard InChI is InChI=1S/C80H68F6O4/c1-75(2,3)49-33-25-45(26-34-49)53-17-13-21-57-61(41-63-65(69(53)57)43-67(89-73(87)79(81,82)83)59-23-15-19-55(71(59)63)47-29-37-51(38-30-47)77(7,8)9)62-42-64-66(70-54(18-14-22-58(62)70)46-27-35-50(36-28-46)76(4,5)6)44-68(90-74(88)80(84,85)86)60-24-16-20-56(72(60)64)48-31-39-52(40-32-48)78(10,11)12/h13-44H,1-12H3. The topological polar surface area (TPSA) is 52.6 Å². The second-order valence-electron chi connectivity index (χ2n) is 27.8. The second-order valence-corrected chi connectivity index (χ2v) is 27.8. The molecule has 0 aliphatic carbocycles. The first-order valence-electron chi connectivity index (χ1n) is 30.2. The van der Waals surface area contributed by atoms with Crippen molar-refractivity contribution in [3.63, 3.8) is 0 Å². The first-order valence-corrected chi connectivity index (χ1v) is 30.2. The summed E-state index contributed by atoms with van der Waals surface area (Å²) in [4.78, 5) is 26.4. The average molecular weight is 1210 g/mol. The van der Waals surface area contributed by atoms with E-state index in [9.17, 15) is 35.9 Å². The van der Waals surface area contributed by atoms with Gasteiger partial charge in [-0.2, -0.15) is 26.3 Å². The number of alkyl halides is 6. The minimum atomic E-state index is -5.32. The highest BCUT2D eigenvalue weighted by molar-refractivity contribution is 6.32. The highest BCUT2D eigenvalue weighted by atomic mass is 19.4. The Morgan fingerprint density at radius 2 is 0.489 bits per heavy atom. The number of ether oxygens (including phenoxy) is 2. The molecule has 0 unspecified atom stereocenters. The molecule has 454 valence electrons. The Labute approximate surface area is 520 Å². The third-order valence-corrected chi connectivity index (χ3v) is 17.6. The van der Waals surface area contributed by atoms with Crippen LogP contribution in [0.2, 0.25) is 0 Å². The normalized spacial score (nSPS) is 12.9. The van der Waals surface area contributed by atoms with Crippen LogP contribution in [-0.4, -0.2) is 24.3 Å². The minimum Gasteiger partial charge on any atom is -0.419 e. The minimum absolute atomic E-state index is 0.194. The highest BCUT2D eigenvalue weighted by Gasteiger charge is 2.43. The highest BCUT2D eigenvalue weighted by Crippen LogP contribution is 2.52. The summed E-state index contributed by atoms with van der Waals surface area (Å²) in [5.74, 6) is -5.26. The molecule has 90 heavy (non-hydrogen) atoms. The van der Waals surface area contributed by atoms with Gasteiger partial charge in [0.05, 0.1) is 0 Å². The molecule has 0 heterocycles. The maximum atomic E-state index is 14.5. The summed E-state index contributed by atoms with van der Waals surface area (Å²) in [5, 5.41) is 6.70. The third kappa shape index (κ3) is 11.1. The zero-order chi connectivity index (χ0) is 64.4. The van der Waals surface area contributed by atoms with Crippen LogP contribution in [0.4, 0.5) is 26.3 Å². The zero-order valence-corrected chi connectivity index (χ0v) is 52.4. The molecule has 12 rings (SSSR count). The van der Waals surface area contributed by atoms with Crippen LogP contribution in [0.1, 0.15) is 105 Å². The van der Waals surface area contributed by atoms with Crippen LogP contribution in [0.3, 0.4) is 0 Å². The summed E-state index contributed by atoms with van der Waals surface area (Å²) in [5.41, 5.74) is 11.1. The molecular formula is C80H68F6O4. The van der Waals surface area contributed by atoms with Crippen molar-refractivity contribution < 1.29 is 45.4 Å². The van der Waals surface area contributed by atoms with E-state index in [1.54, 1.807) is 36.4 Å². The number of esters is 2. The molecule has 10 heteroatoms. The summed E-state index contributed by atoms with van der Waals surface area (Å²) < 4.78 is 98.2. The smallest absolute Gasteiger partial charge is 0.419 e. The lowest BCUT2D eigenvalue weighted by atomic mass is 9.81. The van der Waals surface area contributed by atoms with E-state index < -0.39 is 24.3 Å². The number of fused-ring (bicyclic) bond motifs is 10. The summed E-state index contributed by atoms with van der Waals surface area (Å²) in [7, 11) is 0. The number of carbonyl (C=O) groups is 2. The maximum absolute atomic E-state index is 14.5. The summed E-state index contributed by atoms with van der Waals surface area (Å²) in [6.45, 7) is 25.5. The molecule has 12 aromatic carbocycles. The summed E-state index contributed by atoms with van der Waals surface area (Å²) in [6.07, 6.45) is -10.6. The largest absolute Gasteiger partial charge is 0.491 e. The van der Waals surface area contributed by atoms with E-state index in [1.807, 2.05) is 97.1 Å². The van der Waals surface area contributed by atoms with Crippen molar-refractivity contribution >= 4 is 76.6 Å². The van der Waals surface area contributed by atoms with Gasteiger partial charge in [0.15, 0.2) is 0 Å². The van der Waals surface area contributed by atoms with Gasteiger partial charge in [-0.1, -0.05) is 253 Å². The molecule has 0 bridgehead atoms. The van der Waals surface area contributed by atoms with E-state index in [0.29, 0.717) is 65.0 Å². The number of carbonyl (C=O) groups excluding carboxylic acids is 2. The first kappa shape index (κ1) is 61.0. The van der Waals surface area contributed by atoms with E-state index in [2.05, 4.69) is 144 Å². The van der Waals surface area contributed by atoms with Crippen molar-refractivity contribution in [1.29, 1.82) is 0 Å². The number of rotatable bonds is 7. The van der Waals surface area contributed by atoms with Gasteiger partial charge in [-0.15, -0.1) is 0 Å². The lowest BCUT2D eigenvalue weighted by Gasteiger charge is -2.23. The van der Waals surface area contributed by atoms with Crippen LogP contribution in [-0.2, 0) is 31.2 Å². The first-order chi connectivity index (χ1) is 42.3. The number of benzene rings is 12. The van der Waals surface area contributed by atoms with Gasteiger partial charge in [0, 0.05) is 21.5 Å². The molecule has 0 radical (unpaired) electrons. The van der Waals surface area contributed by atoms with Crippen LogP contribution in [0.25, 0.3) is 120 Å². The van der Waals surface area contributed by atoms with Crippen LogP contribution >= 0.6 is 0 Å². The monoisotopic (exact) mass is 1210 g/mol. The molecule has 0 N–H and O–H groups in total. The van der Waals surface area contributed by atoms with Crippen molar-refractivity contribution in [2.24, 2.45) is 0 Å². The van der Waals surface area contributed by atoms with Gasteiger partial charge in [0.2, 0.25) is 0 Å². The second kappa shape index (κ2) is 21.7. The predicted molar refractivity (Wildman–Crippen MR) is 357 cm³/mol. The van der Waals surface area contributed by atoms with Gasteiger partial charge < -0.3 is 9.47 Å². The van der Waals surface area contributed by atoms with E-state index in [4.69, 9.17) is 9.47 Å². The zero-order valence-electron chi connectivity index (χ0n) is 52.4. The number of hydrogen-bond donors (Lipinski definition) is 0. The van der Waals surface area contributed by atoms with Crippen LogP contribution in [0.5, 0.6) is 11.5 Å². The molecule has 0 fully saturated rings. The van der Waals surface area contributed by atoms with Crippen molar-refractivity contribution in [1.82, 2.24) is 0 Å². The molecule has 4 nitrogen and oxygen atoms in total. The Bertz CT molecular complexity index is 4560. The third-order valence-electron chi connectivity index (χ3n) is 17.6. The molecule has 0 aromatic heterocycles. The SMILES string of the molecule is CC(C)(C)c1ccc(-c2cccc3c(OC(=O)C(F)(F)F)cc4c(cc(-c5cc6c(cc(OC(=O)C(F)(F)F)c7cccc(-c8ccc(C(C)(C)C)cc8)c76)c6c(-c7ccc(C(C)(C)C)cc7)cccc56)c5cccc(-c6ccc(C(C)(C)C)cc6)c54)c23)cc1. The van der Waals surface area contributed by atoms with Gasteiger partial charge in [-0.05, 0) is 167 Å². The van der Waals surface area contributed by atoms with Crippen molar-refractivity contribution in [2.75, 3.05) is 0 Å². The molecule has 0 saturated heterocycles. The Hall–Kier alpha value is -9.28. The molecule has 0 amide bonds. The van der Waals surface area contributed by atoms with Gasteiger partial charge in [-0.3, -0.25) is 0 Å². The predicted octanol–water partition coefficient (Wildman–Crippen LogP) is 23.1. The number of halogens is 6. The lowest BCUT2D eigenvalue weighted by molar-refractivity contribution is -0.189. The van der Waals surface area contributed by atoms with Gasteiger partial charge >= 0.3 is 24.3 Å². The van der Waals surface area contributed by atoms with Crippen LogP contribution in [0.15, 0.2) is 194 Å². The van der Waals surface area contributed by atoms with E-state index in [0.717, 1.165) is 66.8 Å².